The van der Waals surface area contributed by atoms with Crippen LogP contribution in [0.15, 0.2) is 59.3 Å². The van der Waals surface area contributed by atoms with E-state index in [2.05, 4.69) is 43.1 Å². The van der Waals surface area contributed by atoms with Crippen molar-refractivity contribution in [2.24, 2.45) is 0 Å². The van der Waals surface area contributed by atoms with Crippen LogP contribution in [0.25, 0.3) is 32.8 Å². The summed E-state index contributed by atoms with van der Waals surface area (Å²) in [5.41, 5.74) is 2.33. The summed E-state index contributed by atoms with van der Waals surface area (Å²) < 4.78 is 0. The van der Waals surface area contributed by atoms with Gasteiger partial charge in [0.25, 0.3) is 0 Å². The molecule has 0 saturated heterocycles. The van der Waals surface area contributed by atoms with E-state index >= 15 is 0 Å². The lowest BCUT2D eigenvalue weighted by atomic mass is 10.0. The highest BCUT2D eigenvalue weighted by Crippen LogP contribution is 2.29. The van der Waals surface area contributed by atoms with Gasteiger partial charge in [0.2, 0.25) is 0 Å². The molecule has 0 aliphatic rings. The molecule has 0 unspecified atom stereocenters. The molecule has 3 aromatic heterocycles. The summed E-state index contributed by atoms with van der Waals surface area (Å²) in [7, 11) is 0. The molecular formula is C20H17N3S2. The van der Waals surface area contributed by atoms with Gasteiger partial charge in [-0.2, -0.15) is 0 Å². The number of thiophene rings is 2. The van der Waals surface area contributed by atoms with Crippen molar-refractivity contribution in [2.75, 3.05) is 0 Å². The first kappa shape index (κ1) is 16.1. The second kappa shape index (κ2) is 6.86. The summed E-state index contributed by atoms with van der Waals surface area (Å²) in [4.78, 5) is 16.2. The summed E-state index contributed by atoms with van der Waals surface area (Å²) in [6.45, 7) is 4.39. The Kier molecular flexibility index (Phi) is 4.42. The lowest BCUT2D eigenvalue weighted by Crippen LogP contribution is -1.98. The van der Waals surface area contributed by atoms with Gasteiger partial charge in [0, 0.05) is 5.56 Å². The molecule has 3 nitrogen and oxygen atoms in total. The molecule has 0 atom stereocenters. The number of benzene rings is 1. The van der Waals surface area contributed by atoms with Gasteiger partial charge in [-0.1, -0.05) is 50.2 Å². The number of hydrogen-bond acceptors (Lipinski definition) is 5. The summed E-state index contributed by atoms with van der Waals surface area (Å²) in [6, 6.07) is 16.6. The molecule has 0 aliphatic heterocycles. The van der Waals surface area contributed by atoms with Crippen LogP contribution in [0.3, 0.4) is 0 Å². The predicted molar refractivity (Wildman–Crippen MR) is 106 cm³/mol. The topological polar surface area (TPSA) is 38.7 Å². The Morgan fingerprint density at radius 3 is 1.64 bits per heavy atom. The SMILES string of the molecule is CC(C)c1ccc(-c2nc(-c3cccs3)nc(-c3cccs3)n2)cc1. The Labute approximate surface area is 155 Å². The van der Waals surface area contributed by atoms with Crippen LogP contribution in [-0.4, -0.2) is 15.0 Å². The van der Waals surface area contributed by atoms with Crippen molar-refractivity contribution >= 4 is 22.7 Å². The molecule has 0 aliphatic carbocycles. The Hall–Kier alpha value is -2.37. The zero-order valence-electron chi connectivity index (χ0n) is 14.0. The molecule has 0 N–H and O–H groups in total. The zero-order chi connectivity index (χ0) is 17.2. The molecule has 25 heavy (non-hydrogen) atoms. The van der Waals surface area contributed by atoms with Crippen molar-refractivity contribution in [3.8, 4) is 32.8 Å². The second-order valence-electron chi connectivity index (χ2n) is 6.04. The molecule has 3 heterocycles. The van der Waals surface area contributed by atoms with Crippen LogP contribution >= 0.6 is 22.7 Å². The lowest BCUT2D eigenvalue weighted by Gasteiger charge is -2.08. The highest BCUT2D eigenvalue weighted by atomic mass is 32.1. The number of rotatable bonds is 4. The molecule has 0 amide bonds. The number of hydrogen-bond donors (Lipinski definition) is 0. The van der Waals surface area contributed by atoms with Crippen LogP contribution in [0, 0.1) is 0 Å². The summed E-state index contributed by atoms with van der Waals surface area (Å²) in [6.07, 6.45) is 0. The Morgan fingerprint density at radius 1 is 0.680 bits per heavy atom. The second-order valence-corrected chi connectivity index (χ2v) is 7.93. The summed E-state index contributed by atoms with van der Waals surface area (Å²) in [5, 5.41) is 4.09. The minimum Gasteiger partial charge on any atom is -0.207 e. The van der Waals surface area contributed by atoms with Crippen molar-refractivity contribution in [1.29, 1.82) is 0 Å². The van der Waals surface area contributed by atoms with Crippen LogP contribution < -0.4 is 0 Å². The van der Waals surface area contributed by atoms with E-state index in [1.54, 1.807) is 22.7 Å². The minimum absolute atomic E-state index is 0.510. The molecule has 124 valence electrons. The molecule has 0 radical (unpaired) electrons. The molecule has 0 spiro atoms. The molecule has 0 saturated carbocycles. The normalized spacial score (nSPS) is 11.2. The largest absolute Gasteiger partial charge is 0.207 e. The highest BCUT2D eigenvalue weighted by Gasteiger charge is 2.13. The van der Waals surface area contributed by atoms with Gasteiger partial charge in [0.15, 0.2) is 17.5 Å². The standard InChI is InChI=1S/C20H17N3S2/c1-13(2)14-7-9-15(10-8-14)18-21-19(16-5-3-11-24-16)23-20(22-18)17-6-4-12-25-17/h3-13H,1-2H3. The first-order chi connectivity index (χ1) is 12.2. The summed E-state index contributed by atoms with van der Waals surface area (Å²) in [5.74, 6) is 2.69. The van der Waals surface area contributed by atoms with Gasteiger partial charge in [-0.3, -0.25) is 0 Å². The number of nitrogens with zero attached hydrogens (tertiary/aromatic N) is 3. The molecule has 0 bridgehead atoms. The Balaban J connectivity index is 1.83. The van der Waals surface area contributed by atoms with Gasteiger partial charge in [-0.05, 0) is 34.4 Å². The predicted octanol–water partition coefficient (Wildman–Crippen LogP) is 6.12. The Bertz CT molecular complexity index is 904. The van der Waals surface area contributed by atoms with Crippen LogP contribution in [0.4, 0.5) is 0 Å². The van der Waals surface area contributed by atoms with E-state index in [4.69, 9.17) is 9.97 Å². The van der Waals surface area contributed by atoms with Gasteiger partial charge >= 0.3 is 0 Å². The van der Waals surface area contributed by atoms with E-state index in [0.29, 0.717) is 5.92 Å². The quantitative estimate of drug-likeness (QED) is 0.438. The molecule has 4 rings (SSSR count). The maximum atomic E-state index is 4.72. The monoisotopic (exact) mass is 363 g/mol. The third-order valence-corrected chi connectivity index (χ3v) is 5.69. The van der Waals surface area contributed by atoms with Crippen molar-refractivity contribution < 1.29 is 0 Å². The minimum atomic E-state index is 0.510. The number of aromatic nitrogens is 3. The first-order valence-corrected chi connectivity index (χ1v) is 9.91. The van der Waals surface area contributed by atoms with Crippen LogP contribution in [0.1, 0.15) is 25.3 Å². The van der Waals surface area contributed by atoms with Crippen LogP contribution in [0.5, 0.6) is 0 Å². The van der Waals surface area contributed by atoms with Gasteiger partial charge in [-0.25, -0.2) is 15.0 Å². The molecule has 4 aromatic rings. The van der Waals surface area contributed by atoms with E-state index < -0.39 is 0 Å². The average molecular weight is 364 g/mol. The average Bonchev–Trinajstić information content (AvgIpc) is 3.35. The highest BCUT2D eigenvalue weighted by molar-refractivity contribution is 7.13. The fraction of sp³-hybridized carbons (Fsp3) is 0.150. The lowest BCUT2D eigenvalue weighted by molar-refractivity contribution is 0.867. The third-order valence-electron chi connectivity index (χ3n) is 3.95. The van der Waals surface area contributed by atoms with E-state index in [-0.39, 0.29) is 0 Å². The molecule has 0 fully saturated rings. The van der Waals surface area contributed by atoms with Gasteiger partial charge in [0.1, 0.15) is 0 Å². The fourth-order valence-corrected chi connectivity index (χ4v) is 3.87. The van der Waals surface area contributed by atoms with E-state index in [1.165, 1.54) is 5.56 Å². The van der Waals surface area contributed by atoms with Crippen molar-refractivity contribution in [3.05, 3.63) is 64.9 Å². The van der Waals surface area contributed by atoms with Crippen molar-refractivity contribution in [2.45, 2.75) is 19.8 Å². The van der Waals surface area contributed by atoms with Crippen molar-refractivity contribution in [1.82, 2.24) is 15.0 Å². The first-order valence-electron chi connectivity index (χ1n) is 8.15. The third kappa shape index (κ3) is 3.38. The molecule has 1 aromatic carbocycles. The smallest absolute Gasteiger partial charge is 0.174 e. The fourth-order valence-electron chi connectivity index (χ4n) is 2.55. The van der Waals surface area contributed by atoms with Crippen LogP contribution in [-0.2, 0) is 0 Å². The van der Waals surface area contributed by atoms with E-state index in [9.17, 15) is 0 Å². The maximum Gasteiger partial charge on any atom is 0.174 e. The van der Waals surface area contributed by atoms with Gasteiger partial charge in [-0.15, -0.1) is 22.7 Å². The maximum absolute atomic E-state index is 4.72. The zero-order valence-corrected chi connectivity index (χ0v) is 15.6. The van der Waals surface area contributed by atoms with Crippen molar-refractivity contribution in [3.63, 3.8) is 0 Å². The Morgan fingerprint density at radius 2 is 1.20 bits per heavy atom. The van der Waals surface area contributed by atoms with Crippen LogP contribution in [0.2, 0.25) is 0 Å². The molecular weight excluding hydrogens is 346 g/mol. The van der Waals surface area contributed by atoms with Gasteiger partial charge in [0.05, 0.1) is 9.75 Å². The van der Waals surface area contributed by atoms with E-state index in [0.717, 1.165) is 32.8 Å². The van der Waals surface area contributed by atoms with Gasteiger partial charge < -0.3 is 0 Å². The molecule has 5 heteroatoms. The van der Waals surface area contributed by atoms with E-state index in [1.807, 2.05) is 35.0 Å². The summed E-state index contributed by atoms with van der Waals surface area (Å²) >= 11 is 3.29.